The van der Waals surface area contributed by atoms with Crippen molar-refractivity contribution in [2.24, 2.45) is 0 Å². The van der Waals surface area contributed by atoms with E-state index in [2.05, 4.69) is 23.6 Å². The van der Waals surface area contributed by atoms with Crippen molar-refractivity contribution in [3.63, 3.8) is 0 Å². The second kappa shape index (κ2) is 5.41. The van der Waals surface area contributed by atoms with E-state index < -0.39 is 12.0 Å². The molecule has 0 bridgehead atoms. The largest absolute Gasteiger partial charge is 0.480 e. The molecule has 1 N–H and O–H groups in total. The van der Waals surface area contributed by atoms with E-state index in [4.69, 9.17) is 0 Å². The summed E-state index contributed by atoms with van der Waals surface area (Å²) in [6.45, 7) is 4.92. The van der Waals surface area contributed by atoms with Crippen molar-refractivity contribution in [1.29, 1.82) is 0 Å². The smallest absolute Gasteiger partial charge is 0.321 e. The molecule has 3 nitrogen and oxygen atoms in total. The first-order valence-corrected chi connectivity index (χ1v) is 7.40. The molecule has 20 heavy (non-hydrogen) atoms. The Hall–Kier alpha value is -1.61. The van der Waals surface area contributed by atoms with E-state index in [0.717, 1.165) is 19.4 Å². The van der Waals surface area contributed by atoms with Crippen LogP contribution in [-0.2, 0) is 17.8 Å². The number of carboxylic acids is 1. The molecule has 2 atom stereocenters. The fraction of sp³-hybridized carbons (Fsp3) is 0.471. The molecule has 0 amide bonds. The summed E-state index contributed by atoms with van der Waals surface area (Å²) in [7, 11) is 0. The van der Waals surface area contributed by atoms with Crippen molar-refractivity contribution in [2.45, 2.75) is 50.7 Å². The van der Waals surface area contributed by atoms with Gasteiger partial charge in [0.05, 0.1) is 0 Å². The third kappa shape index (κ3) is 2.38. The van der Waals surface area contributed by atoms with Crippen LogP contribution < -0.4 is 0 Å². The first kappa shape index (κ1) is 13.4. The predicted molar refractivity (Wildman–Crippen MR) is 78.5 cm³/mol. The van der Waals surface area contributed by atoms with Crippen LogP contribution in [-0.4, -0.2) is 28.1 Å². The Morgan fingerprint density at radius 1 is 1.25 bits per heavy atom. The minimum atomic E-state index is -0.710. The Balaban J connectivity index is 1.91. The van der Waals surface area contributed by atoms with Crippen molar-refractivity contribution in [3.05, 3.63) is 47.5 Å². The molecule has 106 valence electrons. The van der Waals surface area contributed by atoms with Gasteiger partial charge in [-0.05, 0) is 36.8 Å². The maximum Gasteiger partial charge on any atom is 0.321 e. The van der Waals surface area contributed by atoms with Gasteiger partial charge in [-0.3, -0.25) is 9.69 Å². The molecule has 1 aromatic rings. The average Bonchev–Trinajstić information content (AvgIpc) is 2.46. The lowest BCUT2D eigenvalue weighted by atomic mass is 9.85. The molecular formula is C17H21NO2. The summed E-state index contributed by atoms with van der Waals surface area (Å²) in [4.78, 5) is 13.8. The first-order valence-electron chi connectivity index (χ1n) is 7.40. The molecule has 1 saturated carbocycles. The second-order valence-electron chi connectivity index (χ2n) is 5.92. The molecule has 1 fully saturated rings. The third-order valence-electron chi connectivity index (χ3n) is 4.67. The SMILES string of the molecule is C=C1CCCCC1N1Cc2ccccc2CC1C(=O)O. The normalized spacial score (nSPS) is 27.1. The van der Waals surface area contributed by atoms with Crippen LogP contribution in [0.25, 0.3) is 0 Å². The topological polar surface area (TPSA) is 40.5 Å². The monoisotopic (exact) mass is 271 g/mol. The molecule has 1 aromatic carbocycles. The maximum atomic E-state index is 11.7. The van der Waals surface area contributed by atoms with Gasteiger partial charge in [-0.15, -0.1) is 0 Å². The molecule has 0 aromatic heterocycles. The van der Waals surface area contributed by atoms with Crippen LogP contribution in [0.5, 0.6) is 0 Å². The molecule has 2 aliphatic rings. The van der Waals surface area contributed by atoms with Crippen molar-refractivity contribution in [2.75, 3.05) is 0 Å². The summed E-state index contributed by atoms with van der Waals surface area (Å²) < 4.78 is 0. The van der Waals surface area contributed by atoms with Gasteiger partial charge >= 0.3 is 5.97 Å². The Bertz CT molecular complexity index is 538. The lowest BCUT2D eigenvalue weighted by Gasteiger charge is -2.42. The molecule has 1 aliphatic heterocycles. The number of rotatable bonds is 2. The quantitative estimate of drug-likeness (QED) is 0.841. The number of carbonyl (C=O) groups is 1. The predicted octanol–water partition coefficient (Wildman–Crippen LogP) is 3.00. The molecular weight excluding hydrogens is 250 g/mol. The Kier molecular flexibility index (Phi) is 3.62. The number of nitrogens with zero attached hydrogens (tertiary/aromatic N) is 1. The van der Waals surface area contributed by atoms with Gasteiger partial charge in [-0.1, -0.05) is 42.8 Å². The highest BCUT2D eigenvalue weighted by molar-refractivity contribution is 5.74. The van der Waals surface area contributed by atoms with E-state index in [9.17, 15) is 9.90 Å². The van der Waals surface area contributed by atoms with Gasteiger partial charge in [-0.25, -0.2) is 0 Å². The summed E-state index contributed by atoms with van der Waals surface area (Å²) in [5.41, 5.74) is 3.66. The molecule has 3 heteroatoms. The molecule has 1 aliphatic carbocycles. The highest BCUT2D eigenvalue weighted by atomic mass is 16.4. The van der Waals surface area contributed by atoms with E-state index in [1.807, 2.05) is 12.1 Å². The third-order valence-corrected chi connectivity index (χ3v) is 4.67. The minimum absolute atomic E-state index is 0.234. The lowest BCUT2D eigenvalue weighted by molar-refractivity contribution is -0.145. The van der Waals surface area contributed by atoms with E-state index in [-0.39, 0.29) is 6.04 Å². The number of hydrogen-bond donors (Lipinski definition) is 1. The first-order chi connectivity index (χ1) is 9.66. The van der Waals surface area contributed by atoms with Crippen LogP contribution in [0.1, 0.15) is 36.8 Å². The second-order valence-corrected chi connectivity index (χ2v) is 5.92. The number of benzene rings is 1. The standard InChI is InChI=1S/C17H21NO2/c1-12-6-2-5-9-15(12)18-11-14-8-4-3-7-13(14)10-16(18)17(19)20/h3-4,7-8,15-16H,1-2,5-6,9-11H2,(H,19,20). The number of hydrogen-bond acceptors (Lipinski definition) is 2. The van der Waals surface area contributed by atoms with E-state index in [0.29, 0.717) is 6.42 Å². The Labute approximate surface area is 119 Å². The van der Waals surface area contributed by atoms with Gasteiger partial charge in [0, 0.05) is 12.6 Å². The summed E-state index contributed by atoms with van der Waals surface area (Å²) >= 11 is 0. The summed E-state index contributed by atoms with van der Waals surface area (Å²) in [6, 6.07) is 8.02. The highest BCUT2D eigenvalue weighted by Gasteiger charge is 2.37. The fourth-order valence-electron chi connectivity index (χ4n) is 3.56. The highest BCUT2D eigenvalue weighted by Crippen LogP contribution is 2.33. The van der Waals surface area contributed by atoms with Gasteiger partial charge in [0.1, 0.15) is 6.04 Å². The van der Waals surface area contributed by atoms with Crippen molar-refractivity contribution < 1.29 is 9.90 Å². The van der Waals surface area contributed by atoms with Gasteiger partial charge in [-0.2, -0.15) is 0 Å². The fourth-order valence-corrected chi connectivity index (χ4v) is 3.56. The van der Waals surface area contributed by atoms with Crippen LogP contribution in [0, 0.1) is 0 Å². The van der Waals surface area contributed by atoms with Gasteiger partial charge in [0.25, 0.3) is 0 Å². The van der Waals surface area contributed by atoms with E-state index in [1.165, 1.54) is 29.5 Å². The van der Waals surface area contributed by atoms with Crippen molar-refractivity contribution in [1.82, 2.24) is 4.90 Å². The van der Waals surface area contributed by atoms with Crippen LogP contribution in [0.3, 0.4) is 0 Å². The molecule has 0 spiro atoms. The lowest BCUT2D eigenvalue weighted by Crippen LogP contribution is -2.51. The van der Waals surface area contributed by atoms with Gasteiger partial charge < -0.3 is 5.11 Å². The molecule has 3 rings (SSSR count). The van der Waals surface area contributed by atoms with Gasteiger partial charge in [0.2, 0.25) is 0 Å². The summed E-state index contributed by atoms with van der Waals surface area (Å²) in [5.74, 6) is -0.710. The average molecular weight is 271 g/mol. The van der Waals surface area contributed by atoms with Crippen LogP contribution in [0.4, 0.5) is 0 Å². The number of aliphatic carboxylic acids is 1. The van der Waals surface area contributed by atoms with Crippen LogP contribution in [0.2, 0.25) is 0 Å². The molecule has 1 heterocycles. The number of carboxylic acid groups (broad SMARTS) is 1. The van der Waals surface area contributed by atoms with Crippen LogP contribution >= 0.6 is 0 Å². The van der Waals surface area contributed by atoms with Crippen molar-refractivity contribution in [3.8, 4) is 0 Å². The summed E-state index contributed by atoms with van der Waals surface area (Å²) in [6.07, 6.45) is 5.06. The van der Waals surface area contributed by atoms with Crippen LogP contribution in [0.15, 0.2) is 36.4 Å². The zero-order valence-corrected chi connectivity index (χ0v) is 11.7. The molecule has 0 radical (unpaired) electrons. The molecule has 2 unspecified atom stereocenters. The van der Waals surface area contributed by atoms with Crippen molar-refractivity contribution >= 4 is 5.97 Å². The molecule has 0 saturated heterocycles. The van der Waals surface area contributed by atoms with Gasteiger partial charge in [0.15, 0.2) is 0 Å². The maximum absolute atomic E-state index is 11.7. The van der Waals surface area contributed by atoms with E-state index >= 15 is 0 Å². The number of fused-ring (bicyclic) bond motifs is 1. The summed E-state index contributed by atoms with van der Waals surface area (Å²) in [5, 5.41) is 9.58. The Morgan fingerprint density at radius 2 is 2.00 bits per heavy atom. The van der Waals surface area contributed by atoms with E-state index in [1.54, 1.807) is 0 Å². The Morgan fingerprint density at radius 3 is 2.70 bits per heavy atom. The minimum Gasteiger partial charge on any atom is -0.480 e. The zero-order valence-electron chi connectivity index (χ0n) is 11.7. The zero-order chi connectivity index (χ0) is 14.1.